The van der Waals surface area contributed by atoms with Gasteiger partial charge >= 0.3 is 6.18 Å². The van der Waals surface area contributed by atoms with Crippen molar-refractivity contribution in [3.05, 3.63) is 29.6 Å². The Balaban J connectivity index is 3.13. The van der Waals surface area contributed by atoms with Gasteiger partial charge in [-0.2, -0.15) is 13.2 Å². The molecule has 0 unspecified atom stereocenters. The van der Waals surface area contributed by atoms with Crippen LogP contribution in [0, 0.1) is 5.82 Å². The molecule has 0 aliphatic carbocycles. The zero-order valence-electron chi connectivity index (χ0n) is 7.63. The van der Waals surface area contributed by atoms with Crippen LogP contribution in [0.25, 0.3) is 0 Å². The lowest BCUT2D eigenvalue weighted by Gasteiger charge is -2.16. The average Bonchev–Trinajstić information content (AvgIpc) is 2.16. The van der Waals surface area contributed by atoms with Gasteiger partial charge in [0.05, 0.1) is 5.56 Å². The van der Waals surface area contributed by atoms with E-state index in [9.17, 15) is 20.6 Å². The van der Waals surface area contributed by atoms with Gasteiger partial charge in [0.25, 0.3) is 0 Å². The van der Waals surface area contributed by atoms with Crippen molar-refractivity contribution in [1.82, 2.24) is 0 Å². The first-order chi connectivity index (χ1) is 7.36. The lowest BCUT2D eigenvalue weighted by Crippen LogP contribution is -2.18. The Morgan fingerprint density at radius 3 is 2.50 bits per heavy atom. The number of anilines is 1. The van der Waals surface area contributed by atoms with Crippen LogP contribution in [0.5, 0.6) is 0 Å². The van der Waals surface area contributed by atoms with Gasteiger partial charge in [-0.15, -0.1) is 0 Å². The third kappa shape index (κ3) is 3.11. The summed E-state index contributed by atoms with van der Waals surface area (Å²) in [6.45, 7) is 0. The molecule has 1 N–H and O–H groups in total. The van der Waals surface area contributed by atoms with Crippen LogP contribution in [0.2, 0.25) is 0 Å². The van der Waals surface area contributed by atoms with Gasteiger partial charge in [-0.3, -0.25) is 8.28 Å². The molecule has 0 saturated carbocycles. The van der Waals surface area contributed by atoms with Crippen LogP contribution in [-0.2, 0) is 9.25 Å². The fourth-order valence-corrected chi connectivity index (χ4v) is 1.63. The molecule has 0 spiro atoms. The van der Waals surface area contributed by atoms with Crippen LogP contribution < -0.4 is 5.06 Å². The maximum absolute atomic E-state index is 13.1. The first-order valence-corrected chi connectivity index (χ1v) is 6.31. The van der Waals surface area contributed by atoms with Crippen molar-refractivity contribution in [1.29, 1.82) is 0 Å². The number of nitrogens with zero attached hydrogens (tertiary/aromatic N) is 1. The highest BCUT2D eigenvalue weighted by molar-refractivity contribution is 14.1. The van der Waals surface area contributed by atoms with E-state index in [4.69, 9.17) is 5.21 Å². The zero-order valence-corrected chi connectivity index (χ0v) is 9.79. The summed E-state index contributed by atoms with van der Waals surface area (Å²) in [5.74, 6) is -1.01. The standard InChI is InChI=1S/C8H6F4INO2/c9-6-2-1-5(8(10,11)12)3-7(6)14(16)4-13-15/h1-3,16H,4H2. The predicted molar refractivity (Wildman–Crippen MR) is 55.2 cm³/mol. The second-order valence-corrected chi connectivity index (χ2v) is 4.10. The van der Waals surface area contributed by atoms with Crippen LogP contribution in [0.1, 0.15) is 5.56 Å². The maximum atomic E-state index is 13.1. The van der Waals surface area contributed by atoms with E-state index in [1.54, 1.807) is 0 Å². The molecule has 0 radical (unpaired) electrons. The van der Waals surface area contributed by atoms with Gasteiger partial charge in [-0.1, -0.05) is 0 Å². The van der Waals surface area contributed by atoms with E-state index in [0.717, 1.165) is 0 Å². The lowest BCUT2D eigenvalue weighted by molar-refractivity contribution is -0.137. The topological polar surface area (TPSA) is 40.5 Å². The molecule has 0 aliphatic rings. The van der Waals surface area contributed by atoms with Gasteiger partial charge in [0.15, 0.2) is 21.2 Å². The van der Waals surface area contributed by atoms with Gasteiger partial charge in [-0.25, -0.2) is 9.45 Å². The number of hydrogen-bond donors (Lipinski definition) is 1. The van der Waals surface area contributed by atoms with E-state index in [2.05, 4.69) is 0 Å². The minimum absolute atomic E-state index is 0.213. The predicted octanol–water partition coefficient (Wildman–Crippen LogP) is 3.31. The lowest BCUT2D eigenvalue weighted by atomic mass is 10.2. The summed E-state index contributed by atoms with van der Waals surface area (Å²) in [6.07, 6.45) is -4.62. The highest BCUT2D eigenvalue weighted by Gasteiger charge is 2.31. The molecule has 0 amide bonds. The van der Waals surface area contributed by atoms with E-state index in [1.807, 2.05) is 0 Å². The molecular weight excluding hydrogens is 345 g/mol. The molecule has 0 fully saturated rings. The molecule has 0 aliphatic heterocycles. The number of alkyl halides is 4. The minimum Gasteiger partial charge on any atom is -0.287 e. The van der Waals surface area contributed by atoms with Crippen LogP contribution in [0.3, 0.4) is 0 Å². The molecule has 1 rings (SSSR count). The smallest absolute Gasteiger partial charge is 0.287 e. The molecule has 0 atom stereocenters. The number of halogens is 5. The SMILES string of the molecule is O=ICN(O)c1cc(C(F)(F)F)ccc1F. The molecule has 0 heterocycles. The Hall–Kier alpha value is -0.770. The second kappa shape index (κ2) is 5.04. The van der Waals surface area contributed by atoms with Crippen LogP contribution in [0.15, 0.2) is 18.2 Å². The molecule has 1 aromatic carbocycles. The zero-order chi connectivity index (χ0) is 12.3. The Morgan fingerprint density at radius 1 is 1.38 bits per heavy atom. The Morgan fingerprint density at radius 2 is 2.00 bits per heavy atom. The van der Waals surface area contributed by atoms with Crippen molar-refractivity contribution >= 4 is 26.9 Å². The third-order valence-electron chi connectivity index (χ3n) is 1.71. The normalized spacial score (nSPS) is 11.6. The highest BCUT2D eigenvalue weighted by Crippen LogP contribution is 2.32. The number of benzene rings is 1. The average molecular weight is 351 g/mol. The maximum Gasteiger partial charge on any atom is 0.416 e. The highest BCUT2D eigenvalue weighted by atomic mass is 127. The van der Waals surface area contributed by atoms with Gasteiger partial charge in [0, 0.05) is 0 Å². The first-order valence-electron chi connectivity index (χ1n) is 3.91. The van der Waals surface area contributed by atoms with Gasteiger partial charge in [0.1, 0.15) is 16.1 Å². The van der Waals surface area contributed by atoms with E-state index < -0.39 is 44.4 Å². The molecule has 8 heteroatoms. The number of rotatable bonds is 3. The summed E-state index contributed by atoms with van der Waals surface area (Å²) in [7, 11) is 0. The third-order valence-corrected chi connectivity index (χ3v) is 2.64. The van der Waals surface area contributed by atoms with Crippen molar-refractivity contribution in [2.75, 3.05) is 9.61 Å². The van der Waals surface area contributed by atoms with Crippen molar-refractivity contribution in [3.63, 3.8) is 0 Å². The Bertz CT molecular complexity index is 396. The van der Waals surface area contributed by atoms with Gasteiger partial charge in [-0.05, 0) is 18.2 Å². The van der Waals surface area contributed by atoms with E-state index >= 15 is 0 Å². The Kier molecular flexibility index (Phi) is 4.19. The van der Waals surface area contributed by atoms with Crippen molar-refractivity contribution < 1.29 is 25.8 Å². The minimum atomic E-state index is -4.62. The summed E-state index contributed by atoms with van der Waals surface area (Å²) >= 11 is -1.63. The van der Waals surface area contributed by atoms with E-state index in [0.29, 0.717) is 18.2 Å². The fraction of sp³-hybridized carbons (Fsp3) is 0.250. The molecule has 0 bridgehead atoms. The molecule has 16 heavy (non-hydrogen) atoms. The number of hydroxylamine groups is 1. The molecule has 1 aromatic rings. The largest absolute Gasteiger partial charge is 0.416 e. The van der Waals surface area contributed by atoms with Gasteiger partial charge in [0.2, 0.25) is 0 Å². The Labute approximate surface area is 98.3 Å². The summed E-state index contributed by atoms with van der Waals surface area (Å²) in [5, 5.41) is 9.36. The van der Waals surface area contributed by atoms with Crippen LogP contribution in [-0.4, -0.2) is 9.76 Å². The molecule has 90 valence electrons. The molecule has 3 nitrogen and oxygen atoms in total. The van der Waals surface area contributed by atoms with Crippen molar-refractivity contribution in [2.45, 2.75) is 6.18 Å². The van der Waals surface area contributed by atoms with E-state index in [1.165, 1.54) is 0 Å². The summed E-state index contributed by atoms with van der Waals surface area (Å²) in [5.41, 5.74) is -1.71. The first kappa shape index (κ1) is 13.3. The summed E-state index contributed by atoms with van der Waals surface area (Å²) in [4.78, 5) is 0. The van der Waals surface area contributed by atoms with Gasteiger partial charge < -0.3 is 0 Å². The molecule has 0 aromatic heterocycles. The number of hydrogen-bond acceptors (Lipinski definition) is 3. The van der Waals surface area contributed by atoms with Crippen molar-refractivity contribution in [3.8, 4) is 0 Å². The monoisotopic (exact) mass is 351 g/mol. The molecule has 0 saturated heterocycles. The quantitative estimate of drug-likeness (QED) is 0.299. The summed E-state index contributed by atoms with van der Waals surface area (Å²) in [6, 6.07) is 1.64. The fourth-order valence-electron chi connectivity index (χ4n) is 0.997. The van der Waals surface area contributed by atoms with Crippen LogP contribution >= 0.6 is 21.2 Å². The second-order valence-electron chi connectivity index (χ2n) is 2.79. The molecular formula is C8H6F4INO2. The van der Waals surface area contributed by atoms with Crippen molar-refractivity contribution in [2.24, 2.45) is 0 Å². The van der Waals surface area contributed by atoms with Crippen LogP contribution in [0.4, 0.5) is 23.2 Å². The summed E-state index contributed by atoms with van der Waals surface area (Å²) < 4.78 is 59.8. The van der Waals surface area contributed by atoms with E-state index in [-0.39, 0.29) is 9.61 Å².